The second-order valence-electron chi connectivity index (χ2n) is 13.3. The van der Waals surface area contributed by atoms with Crippen LogP contribution in [-0.2, 0) is 30.3 Å². The van der Waals surface area contributed by atoms with Crippen LogP contribution in [0.15, 0.2) is 48.5 Å². The van der Waals surface area contributed by atoms with Crippen molar-refractivity contribution < 1.29 is 28.7 Å². The van der Waals surface area contributed by atoms with Crippen LogP contribution in [0.2, 0.25) is 0 Å². The summed E-state index contributed by atoms with van der Waals surface area (Å²) in [6.07, 6.45) is 0.857. The predicted molar refractivity (Wildman–Crippen MR) is 173 cm³/mol. The zero-order valence-electron chi connectivity index (χ0n) is 27.1. The Hall–Kier alpha value is -3.53. The third-order valence-corrected chi connectivity index (χ3v) is 7.49. The van der Waals surface area contributed by atoms with Crippen LogP contribution < -0.4 is 10.6 Å². The predicted octanol–water partition coefficient (Wildman–Crippen LogP) is 5.23. The molecule has 0 heterocycles. The van der Waals surface area contributed by atoms with Crippen LogP contribution in [0.1, 0.15) is 82.7 Å². The summed E-state index contributed by atoms with van der Waals surface area (Å²) >= 11 is 4.37. The molecule has 0 aliphatic heterocycles. The molecule has 0 spiro atoms. The first-order chi connectivity index (χ1) is 20.5. The SMILES string of the molecule is Cc1cccc(C(C(=O)NC(Cc2ccccc2)C(=O)OC(C)(C)C)N(C(=O)C(CS)NC(=O)OC(C)(C)C)C2CC2)c1C. The molecule has 2 aromatic rings. The van der Waals surface area contributed by atoms with Gasteiger partial charge in [0.25, 0.3) is 0 Å². The number of aryl methyl sites for hydroxylation is 1. The van der Waals surface area contributed by atoms with Crippen molar-refractivity contribution in [3.63, 3.8) is 0 Å². The lowest BCUT2D eigenvalue weighted by Crippen LogP contribution is -2.56. The molecule has 2 N–H and O–H groups in total. The van der Waals surface area contributed by atoms with Gasteiger partial charge in [-0.2, -0.15) is 12.6 Å². The standard InChI is InChI=1S/C34H47N3O6S/c1-21-13-12-16-25(22(21)2)28(37(24-17-18-24)30(39)27(20-44)36-32(41)43-34(6,7)8)29(38)35-26(31(40)42-33(3,4)5)19-23-14-10-9-11-15-23/h9-16,24,26-28,44H,17-20H2,1-8H3,(H,35,38)(H,36,41). The number of carbonyl (C=O) groups is 4. The van der Waals surface area contributed by atoms with Crippen molar-refractivity contribution in [2.45, 2.75) is 110 Å². The van der Waals surface area contributed by atoms with E-state index in [0.29, 0.717) is 18.4 Å². The van der Waals surface area contributed by atoms with E-state index < -0.39 is 53.2 Å². The number of alkyl carbamates (subject to hydrolysis) is 1. The third kappa shape index (κ3) is 10.0. The van der Waals surface area contributed by atoms with E-state index in [0.717, 1.165) is 16.7 Å². The molecule has 1 fully saturated rings. The molecule has 1 aliphatic rings. The van der Waals surface area contributed by atoms with E-state index in [4.69, 9.17) is 9.47 Å². The van der Waals surface area contributed by atoms with Gasteiger partial charge in [0.05, 0.1) is 0 Å². The highest BCUT2D eigenvalue weighted by molar-refractivity contribution is 7.80. The maximum Gasteiger partial charge on any atom is 0.408 e. The van der Waals surface area contributed by atoms with E-state index in [2.05, 4.69) is 23.3 Å². The summed E-state index contributed by atoms with van der Waals surface area (Å²) in [4.78, 5) is 56.3. The largest absolute Gasteiger partial charge is 0.458 e. The topological polar surface area (TPSA) is 114 Å². The molecule has 3 atom stereocenters. The van der Waals surface area contributed by atoms with Crippen molar-refractivity contribution in [2.24, 2.45) is 0 Å². The summed E-state index contributed by atoms with van der Waals surface area (Å²) < 4.78 is 11.1. The van der Waals surface area contributed by atoms with Crippen molar-refractivity contribution in [1.82, 2.24) is 15.5 Å². The van der Waals surface area contributed by atoms with Crippen molar-refractivity contribution >= 4 is 36.5 Å². The summed E-state index contributed by atoms with van der Waals surface area (Å²) in [5.41, 5.74) is 1.76. The van der Waals surface area contributed by atoms with Gasteiger partial charge in [0, 0.05) is 18.2 Å². The fraction of sp³-hybridized carbons (Fsp3) is 0.529. The van der Waals surface area contributed by atoms with Crippen LogP contribution in [0, 0.1) is 13.8 Å². The maximum atomic E-state index is 14.4. The molecule has 2 aromatic carbocycles. The molecule has 0 aromatic heterocycles. The van der Waals surface area contributed by atoms with Crippen LogP contribution in [0.3, 0.4) is 0 Å². The summed E-state index contributed by atoms with van der Waals surface area (Å²) in [5.74, 6) is -1.54. The molecule has 1 saturated carbocycles. The Morgan fingerprint density at radius 3 is 2.02 bits per heavy atom. The van der Waals surface area contributed by atoms with Gasteiger partial charge in [0.1, 0.15) is 29.3 Å². The first-order valence-corrected chi connectivity index (χ1v) is 15.7. The smallest absolute Gasteiger partial charge is 0.408 e. The molecule has 44 heavy (non-hydrogen) atoms. The van der Waals surface area contributed by atoms with Gasteiger partial charge in [0.15, 0.2) is 0 Å². The fourth-order valence-electron chi connectivity index (χ4n) is 4.84. The number of hydrogen-bond donors (Lipinski definition) is 3. The molecule has 9 nitrogen and oxygen atoms in total. The van der Waals surface area contributed by atoms with Crippen LogP contribution in [-0.4, -0.2) is 63.9 Å². The summed E-state index contributed by atoms with van der Waals surface area (Å²) in [6.45, 7) is 14.4. The number of nitrogens with one attached hydrogen (secondary N) is 2. The molecule has 3 rings (SSSR count). The minimum Gasteiger partial charge on any atom is -0.458 e. The molecular formula is C34H47N3O6S. The average molecular weight is 626 g/mol. The molecule has 0 radical (unpaired) electrons. The summed E-state index contributed by atoms with van der Waals surface area (Å²) in [7, 11) is 0. The van der Waals surface area contributed by atoms with Gasteiger partial charge in [0.2, 0.25) is 11.8 Å². The summed E-state index contributed by atoms with van der Waals surface area (Å²) in [6, 6.07) is 11.6. The number of carbonyl (C=O) groups excluding carboxylic acids is 4. The number of rotatable bonds is 11. The quantitative estimate of drug-likeness (QED) is 0.233. The zero-order chi connectivity index (χ0) is 32.8. The van der Waals surface area contributed by atoms with Gasteiger partial charge in [-0.25, -0.2) is 9.59 Å². The number of thiol groups is 1. The van der Waals surface area contributed by atoms with E-state index in [9.17, 15) is 19.2 Å². The lowest BCUT2D eigenvalue weighted by atomic mass is 9.94. The number of nitrogens with zero attached hydrogens (tertiary/aromatic N) is 1. The minimum atomic E-state index is -1.07. The molecule has 3 amide bonds. The van der Waals surface area contributed by atoms with Crippen molar-refractivity contribution in [3.8, 4) is 0 Å². The molecule has 0 bridgehead atoms. The van der Waals surface area contributed by atoms with Gasteiger partial charge in [-0.05, 0) is 90.5 Å². The Labute approximate surface area is 266 Å². The van der Waals surface area contributed by atoms with Crippen molar-refractivity contribution in [1.29, 1.82) is 0 Å². The number of esters is 1. The molecule has 1 aliphatic carbocycles. The van der Waals surface area contributed by atoms with E-state index in [1.54, 1.807) is 46.4 Å². The third-order valence-electron chi connectivity index (χ3n) is 7.12. The fourth-order valence-corrected chi connectivity index (χ4v) is 5.09. The first kappa shape index (κ1) is 35.0. The highest BCUT2D eigenvalue weighted by Crippen LogP contribution is 2.37. The monoisotopic (exact) mass is 625 g/mol. The number of amides is 3. The minimum absolute atomic E-state index is 0.00300. The van der Waals surface area contributed by atoms with E-state index in [1.165, 1.54) is 0 Å². The van der Waals surface area contributed by atoms with Crippen LogP contribution in [0.25, 0.3) is 0 Å². The Morgan fingerprint density at radius 1 is 0.864 bits per heavy atom. The molecular weight excluding hydrogens is 578 g/mol. The second-order valence-corrected chi connectivity index (χ2v) is 13.7. The first-order valence-electron chi connectivity index (χ1n) is 15.1. The highest BCUT2D eigenvalue weighted by atomic mass is 32.1. The second kappa shape index (κ2) is 14.5. The van der Waals surface area contributed by atoms with Crippen molar-refractivity contribution in [3.05, 3.63) is 70.8 Å². The van der Waals surface area contributed by atoms with E-state index >= 15 is 0 Å². The van der Waals surface area contributed by atoms with Crippen LogP contribution in [0.4, 0.5) is 4.79 Å². The lowest BCUT2D eigenvalue weighted by molar-refractivity contribution is -0.159. The van der Waals surface area contributed by atoms with Gasteiger partial charge in [-0.15, -0.1) is 0 Å². The van der Waals surface area contributed by atoms with Gasteiger partial charge in [-0.3, -0.25) is 9.59 Å². The Kier molecular flexibility index (Phi) is 11.5. The van der Waals surface area contributed by atoms with E-state index in [-0.39, 0.29) is 18.2 Å². The summed E-state index contributed by atoms with van der Waals surface area (Å²) in [5, 5.41) is 5.58. The molecule has 3 unspecified atom stereocenters. The molecule has 10 heteroatoms. The zero-order valence-corrected chi connectivity index (χ0v) is 28.0. The number of hydrogen-bond acceptors (Lipinski definition) is 7. The molecule has 0 saturated heterocycles. The average Bonchev–Trinajstić information content (AvgIpc) is 3.75. The highest BCUT2D eigenvalue weighted by Gasteiger charge is 2.45. The van der Waals surface area contributed by atoms with E-state index in [1.807, 2.05) is 62.4 Å². The Morgan fingerprint density at radius 2 is 1.48 bits per heavy atom. The lowest BCUT2D eigenvalue weighted by Gasteiger charge is -2.36. The van der Waals surface area contributed by atoms with Crippen LogP contribution >= 0.6 is 12.6 Å². The van der Waals surface area contributed by atoms with Crippen LogP contribution in [0.5, 0.6) is 0 Å². The maximum absolute atomic E-state index is 14.4. The van der Waals surface area contributed by atoms with Gasteiger partial charge in [-0.1, -0.05) is 48.5 Å². The Bertz CT molecular complexity index is 1330. The normalized spacial score (nSPS) is 15.4. The van der Waals surface area contributed by atoms with Crippen molar-refractivity contribution in [2.75, 3.05) is 5.75 Å². The molecule has 240 valence electrons. The van der Waals surface area contributed by atoms with Gasteiger partial charge < -0.3 is 25.0 Å². The van der Waals surface area contributed by atoms with Gasteiger partial charge >= 0.3 is 12.1 Å². The number of ether oxygens (including phenoxy) is 2. The Balaban J connectivity index is 2.03. The number of benzene rings is 2.